The Labute approximate surface area is 158 Å². The van der Waals surface area contributed by atoms with E-state index in [9.17, 15) is 8.42 Å². The lowest BCUT2D eigenvalue weighted by Gasteiger charge is -2.23. The molecule has 0 aliphatic carbocycles. The molecule has 0 bridgehead atoms. The van der Waals surface area contributed by atoms with Crippen LogP contribution in [0.4, 0.5) is 0 Å². The summed E-state index contributed by atoms with van der Waals surface area (Å²) < 4.78 is 30.4. The maximum absolute atomic E-state index is 13.2. The first-order valence-corrected chi connectivity index (χ1v) is 10.4. The molecule has 1 fully saturated rings. The Hall–Kier alpha value is -1.48. The average molecular weight is 442 g/mol. The molecule has 4 rings (SSSR count). The van der Waals surface area contributed by atoms with Crippen LogP contribution in [0.25, 0.3) is 5.65 Å². The summed E-state index contributed by atoms with van der Waals surface area (Å²) in [6.07, 6.45) is 3.31. The third-order valence-corrected chi connectivity index (χ3v) is 7.21. The van der Waals surface area contributed by atoms with Crippen molar-refractivity contribution in [2.45, 2.75) is 23.8 Å². The van der Waals surface area contributed by atoms with Crippen molar-refractivity contribution in [3.63, 3.8) is 0 Å². The molecule has 1 aliphatic rings. The van der Waals surface area contributed by atoms with E-state index in [1.807, 2.05) is 28.8 Å². The van der Waals surface area contributed by atoms with Crippen molar-refractivity contribution >= 4 is 43.2 Å². The van der Waals surface area contributed by atoms with Crippen LogP contribution in [0, 0.1) is 0 Å². The van der Waals surface area contributed by atoms with Gasteiger partial charge in [-0.25, -0.2) is 8.42 Å². The first-order valence-electron chi connectivity index (χ1n) is 7.75. The highest BCUT2D eigenvalue weighted by Gasteiger charge is 2.39. The molecule has 1 aromatic carbocycles. The molecular formula is C16H14BrClN4O2S. The molecular weight excluding hydrogens is 428 g/mol. The second kappa shape index (κ2) is 6.35. The standard InChI is InChI=1S/C16H14BrClN4O2S/c17-11-6-7-14(12(18)10-11)25(23,24)22-9-3-4-13(22)16-20-19-15-5-1-2-8-21(15)16/h1-2,5-8,10,13H,3-4,9H2. The Kier molecular flexibility index (Phi) is 4.31. The van der Waals surface area contributed by atoms with Crippen LogP contribution in [0.1, 0.15) is 24.7 Å². The van der Waals surface area contributed by atoms with Crippen molar-refractivity contribution in [3.05, 3.63) is 57.9 Å². The number of hydrogen-bond acceptors (Lipinski definition) is 4. The second-order valence-corrected chi connectivity index (χ2v) is 9.02. The van der Waals surface area contributed by atoms with Gasteiger partial charge in [-0.05, 0) is 43.2 Å². The Bertz CT molecular complexity index is 1050. The summed E-state index contributed by atoms with van der Waals surface area (Å²) >= 11 is 9.49. The van der Waals surface area contributed by atoms with Crippen LogP contribution in [0.5, 0.6) is 0 Å². The van der Waals surface area contributed by atoms with Crippen LogP contribution in [-0.4, -0.2) is 33.9 Å². The normalized spacial score (nSPS) is 18.9. The minimum atomic E-state index is -3.73. The molecule has 3 aromatic rings. The van der Waals surface area contributed by atoms with E-state index in [1.165, 1.54) is 10.4 Å². The van der Waals surface area contributed by atoms with Gasteiger partial charge in [0, 0.05) is 17.2 Å². The molecule has 2 aromatic heterocycles. The molecule has 1 unspecified atom stereocenters. The Morgan fingerprint density at radius 1 is 1.20 bits per heavy atom. The fraction of sp³-hybridized carbons (Fsp3) is 0.250. The van der Waals surface area contributed by atoms with Crippen LogP contribution in [-0.2, 0) is 10.0 Å². The number of fused-ring (bicyclic) bond motifs is 1. The lowest BCUT2D eigenvalue weighted by Crippen LogP contribution is -2.31. The molecule has 0 saturated carbocycles. The van der Waals surface area contributed by atoms with Crippen LogP contribution in [0.15, 0.2) is 52.0 Å². The van der Waals surface area contributed by atoms with E-state index in [4.69, 9.17) is 11.6 Å². The predicted octanol–water partition coefficient (Wildman–Crippen LogP) is 3.67. The molecule has 0 radical (unpaired) electrons. The summed E-state index contributed by atoms with van der Waals surface area (Å²) in [5.74, 6) is 0.630. The number of pyridine rings is 1. The molecule has 3 heterocycles. The zero-order valence-electron chi connectivity index (χ0n) is 13.0. The second-order valence-electron chi connectivity index (χ2n) is 5.84. The summed E-state index contributed by atoms with van der Waals surface area (Å²) in [5.41, 5.74) is 0.698. The van der Waals surface area contributed by atoms with Gasteiger partial charge in [0.2, 0.25) is 10.0 Å². The molecule has 6 nitrogen and oxygen atoms in total. The van der Waals surface area contributed by atoms with E-state index in [-0.39, 0.29) is 16.0 Å². The highest BCUT2D eigenvalue weighted by Crippen LogP contribution is 2.38. The molecule has 25 heavy (non-hydrogen) atoms. The molecule has 0 amide bonds. The molecule has 0 N–H and O–H groups in total. The lowest BCUT2D eigenvalue weighted by molar-refractivity contribution is 0.381. The van der Waals surface area contributed by atoms with Gasteiger partial charge in [-0.2, -0.15) is 4.31 Å². The Morgan fingerprint density at radius 3 is 2.84 bits per heavy atom. The third kappa shape index (κ3) is 2.87. The Balaban J connectivity index is 1.79. The highest BCUT2D eigenvalue weighted by atomic mass is 79.9. The lowest BCUT2D eigenvalue weighted by atomic mass is 10.2. The first kappa shape index (κ1) is 17.0. The van der Waals surface area contributed by atoms with E-state index in [2.05, 4.69) is 26.1 Å². The fourth-order valence-electron chi connectivity index (χ4n) is 3.18. The van der Waals surface area contributed by atoms with Gasteiger partial charge in [0.15, 0.2) is 11.5 Å². The van der Waals surface area contributed by atoms with Crippen molar-refractivity contribution in [2.24, 2.45) is 0 Å². The highest BCUT2D eigenvalue weighted by molar-refractivity contribution is 9.10. The number of halogens is 2. The summed E-state index contributed by atoms with van der Waals surface area (Å²) in [7, 11) is -3.73. The quantitative estimate of drug-likeness (QED) is 0.622. The van der Waals surface area contributed by atoms with E-state index in [0.29, 0.717) is 24.4 Å². The SMILES string of the molecule is O=S(=O)(c1ccc(Br)cc1Cl)N1CCCC1c1nnc2ccccn12. The van der Waals surface area contributed by atoms with Gasteiger partial charge in [0.1, 0.15) is 4.90 Å². The number of rotatable bonds is 3. The van der Waals surface area contributed by atoms with Gasteiger partial charge in [-0.3, -0.25) is 4.40 Å². The molecule has 0 spiro atoms. The van der Waals surface area contributed by atoms with E-state index < -0.39 is 10.0 Å². The van der Waals surface area contributed by atoms with E-state index in [0.717, 1.165) is 10.9 Å². The van der Waals surface area contributed by atoms with Gasteiger partial charge in [-0.1, -0.05) is 33.6 Å². The maximum Gasteiger partial charge on any atom is 0.245 e. The fourth-order valence-corrected chi connectivity index (χ4v) is 5.85. The van der Waals surface area contributed by atoms with Crippen LogP contribution < -0.4 is 0 Å². The summed E-state index contributed by atoms with van der Waals surface area (Å²) in [6, 6.07) is 10.0. The summed E-state index contributed by atoms with van der Waals surface area (Å²) in [4.78, 5) is 0.109. The number of sulfonamides is 1. The number of benzene rings is 1. The first-order chi connectivity index (χ1) is 12.0. The summed E-state index contributed by atoms with van der Waals surface area (Å²) in [5, 5.41) is 8.58. The maximum atomic E-state index is 13.2. The predicted molar refractivity (Wildman–Crippen MR) is 98.0 cm³/mol. The molecule has 9 heteroatoms. The third-order valence-electron chi connectivity index (χ3n) is 4.32. The molecule has 1 atom stereocenters. The van der Waals surface area contributed by atoms with Gasteiger partial charge in [0.25, 0.3) is 0 Å². The molecule has 1 aliphatic heterocycles. The smallest absolute Gasteiger partial charge is 0.245 e. The number of aromatic nitrogens is 3. The van der Waals surface area contributed by atoms with Crippen LogP contribution in [0.2, 0.25) is 5.02 Å². The number of nitrogens with zero attached hydrogens (tertiary/aromatic N) is 4. The minimum Gasteiger partial charge on any atom is -0.285 e. The Morgan fingerprint density at radius 2 is 2.04 bits per heavy atom. The van der Waals surface area contributed by atoms with Gasteiger partial charge < -0.3 is 0 Å². The van der Waals surface area contributed by atoms with Gasteiger partial charge in [-0.15, -0.1) is 10.2 Å². The molecule has 130 valence electrons. The zero-order chi connectivity index (χ0) is 17.6. The van der Waals surface area contributed by atoms with Gasteiger partial charge >= 0.3 is 0 Å². The van der Waals surface area contributed by atoms with Crippen LogP contribution in [0.3, 0.4) is 0 Å². The van der Waals surface area contributed by atoms with E-state index >= 15 is 0 Å². The molecule has 1 saturated heterocycles. The monoisotopic (exact) mass is 440 g/mol. The minimum absolute atomic E-state index is 0.109. The van der Waals surface area contributed by atoms with Crippen LogP contribution >= 0.6 is 27.5 Å². The van der Waals surface area contributed by atoms with Crippen molar-refractivity contribution in [2.75, 3.05) is 6.54 Å². The summed E-state index contributed by atoms with van der Waals surface area (Å²) in [6.45, 7) is 0.432. The van der Waals surface area contributed by atoms with Crippen molar-refractivity contribution in [1.82, 2.24) is 18.9 Å². The van der Waals surface area contributed by atoms with Crippen molar-refractivity contribution in [3.8, 4) is 0 Å². The largest absolute Gasteiger partial charge is 0.285 e. The topological polar surface area (TPSA) is 67.6 Å². The number of hydrogen-bond donors (Lipinski definition) is 0. The van der Waals surface area contributed by atoms with Gasteiger partial charge in [0.05, 0.1) is 11.1 Å². The van der Waals surface area contributed by atoms with Crippen molar-refractivity contribution < 1.29 is 8.42 Å². The van der Waals surface area contributed by atoms with Crippen molar-refractivity contribution in [1.29, 1.82) is 0 Å². The average Bonchev–Trinajstić information content (AvgIpc) is 3.21. The zero-order valence-corrected chi connectivity index (χ0v) is 16.2. The van der Waals surface area contributed by atoms with E-state index in [1.54, 1.807) is 12.1 Å².